The van der Waals surface area contributed by atoms with Crippen LogP contribution in [0, 0.1) is 0 Å². The van der Waals surface area contributed by atoms with Crippen LogP contribution in [-0.2, 0) is 4.79 Å². The fourth-order valence-corrected chi connectivity index (χ4v) is 2.01. The van der Waals surface area contributed by atoms with Crippen LogP contribution in [0.1, 0.15) is 0 Å². The standard InChI is InChI=1S/C7H11ClN4O2/c1-11-4-3(9-6(8)10-4)5(13)12(2)7(11)14/h3-4,6,9-10H,1-2H3. The Morgan fingerprint density at radius 2 is 1.93 bits per heavy atom. The van der Waals surface area contributed by atoms with Crippen molar-refractivity contribution in [2.75, 3.05) is 14.1 Å². The van der Waals surface area contributed by atoms with Gasteiger partial charge in [-0.3, -0.25) is 20.3 Å². The highest BCUT2D eigenvalue weighted by Crippen LogP contribution is 2.18. The number of nitrogens with one attached hydrogen (secondary N) is 2. The third kappa shape index (κ3) is 1.18. The lowest BCUT2D eigenvalue weighted by molar-refractivity contribution is -0.133. The minimum atomic E-state index is -0.476. The first-order chi connectivity index (χ1) is 6.52. The summed E-state index contributed by atoms with van der Waals surface area (Å²) in [6.07, 6.45) is -0.353. The van der Waals surface area contributed by atoms with Gasteiger partial charge in [-0.05, 0) is 0 Å². The molecule has 0 bridgehead atoms. The summed E-state index contributed by atoms with van der Waals surface area (Å²) >= 11 is 5.78. The number of carbonyl (C=O) groups excluding carboxylic acids is 2. The summed E-state index contributed by atoms with van der Waals surface area (Å²) in [6, 6.07) is -0.776. The summed E-state index contributed by atoms with van der Waals surface area (Å²) in [5.74, 6) is -0.256. The topological polar surface area (TPSA) is 64.7 Å². The Hall–Kier alpha value is -0.850. The van der Waals surface area contributed by atoms with Gasteiger partial charge in [0.1, 0.15) is 17.8 Å². The summed E-state index contributed by atoms with van der Waals surface area (Å²) in [5, 5.41) is 5.75. The number of halogens is 1. The highest BCUT2D eigenvalue weighted by Gasteiger charge is 2.48. The van der Waals surface area contributed by atoms with Gasteiger partial charge in [-0.25, -0.2) is 4.79 Å². The molecule has 3 amide bonds. The molecule has 2 aliphatic heterocycles. The maximum absolute atomic E-state index is 11.6. The summed E-state index contributed by atoms with van der Waals surface area (Å²) in [6.45, 7) is 0. The van der Waals surface area contributed by atoms with Gasteiger partial charge in [-0.15, -0.1) is 0 Å². The average Bonchev–Trinajstić information content (AvgIpc) is 2.54. The highest BCUT2D eigenvalue weighted by molar-refractivity contribution is 6.20. The van der Waals surface area contributed by atoms with Crippen LogP contribution < -0.4 is 10.6 Å². The molecular formula is C7H11ClN4O2. The van der Waals surface area contributed by atoms with Gasteiger partial charge >= 0.3 is 6.03 Å². The number of hydrogen-bond donors (Lipinski definition) is 2. The molecule has 3 unspecified atom stereocenters. The van der Waals surface area contributed by atoms with Crippen LogP contribution in [0.3, 0.4) is 0 Å². The minimum Gasteiger partial charge on any atom is -0.310 e. The molecule has 3 atom stereocenters. The van der Waals surface area contributed by atoms with Crippen molar-refractivity contribution in [3.05, 3.63) is 0 Å². The predicted octanol–water partition coefficient (Wildman–Crippen LogP) is -1.08. The van der Waals surface area contributed by atoms with Crippen LogP contribution in [0.5, 0.6) is 0 Å². The van der Waals surface area contributed by atoms with Gasteiger partial charge in [0.2, 0.25) is 0 Å². The van der Waals surface area contributed by atoms with Gasteiger partial charge < -0.3 is 4.90 Å². The Morgan fingerprint density at radius 1 is 1.29 bits per heavy atom. The number of carbonyl (C=O) groups is 2. The van der Waals surface area contributed by atoms with Crippen LogP contribution in [0.15, 0.2) is 0 Å². The Morgan fingerprint density at radius 3 is 2.57 bits per heavy atom. The van der Waals surface area contributed by atoms with Crippen molar-refractivity contribution >= 4 is 23.5 Å². The van der Waals surface area contributed by atoms with Gasteiger partial charge in [-0.1, -0.05) is 11.6 Å². The van der Waals surface area contributed by atoms with E-state index in [1.54, 1.807) is 7.05 Å². The molecule has 2 rings (SSSR count). The van der Waals surface area contributed by atoms with Gasteiger partial charge in [0.05, 0.1) is 0 Å². The van der Waals surface area contributed by atoms with E-state index in [-0.39, 0.29) is 18.1 Å². The number of hydrogen-bond acceptors (Lipinski definition) is 4. The van der Waals surface area contributed by atoms with E-state index >= 15 is 0 Å². The van der Waals surface area contributed by atoms with E-state index in [2.05, 4.69) is 10.6 Å². The molecule has 6 nitrogen and oxygen atoms in total. The largest absolute Gasteiger partial charge is 0.327 e. The number of likely N-dealkylation sites (N-methyl/N-ethyl adjacent to an activating group) is 2. The molecule has 78 valence electrons. The smallest absolute Gasteiger partial charge is 0.310 e. The Bertz CT molecular complexity index is 297. The first-order valence-electron chi connectivity index (χ1n) is 4.23. The van der Waals surface area contributed by atoms with E-state index < -0.39 is 11.7 Å². The molecule has 14 heavy (non-hydrogen) atoms. The van der Waals surface area contributed by atoms with Crippen LogP contribution in [0.4, 0.5) is 4.79 Å². The first kappa shape index (κ1) is 9.70. The predicted molar refractivity (Wildman–Crippen MR) is 49.4 cm³/mol. The van der Waals surface area contributed by atoms with Crippen molar-refractivity contribution in [3.63, 3.8) is 0 Å². The molecule has 2 N–H and O–H groups in total. The zero-order chi connectivity index (χ0) is 10.5. The highest BCUT2D eigenvalue weighted by atomic mass is 35.5. The zero-order valence-electron chi connectivity index (χ0n) is 7.82. The molecule has 2 fully saturated rings. The fraction of sp³-hybridized carbons (Fsp3) is 0.714. The zero-order valence-corrected chi connectivity index (χ0v) is 8.58. The molecule has 0 aromatic carbocycles. The number of amides is 3. The van der Waals surface area contributed by atoms with Gasteiger partial charge in [0.25, 0.3) is 5.91 Å². The average molecular weight is 219 g/mol. The second kappa shape index (κ2) is 3.08. The molecule has 0 radical (unpaired) electrons. The van der Waals surface area contributed by atoms with E-state index in [1.807, 2.05) is 0 Å². The summed E-state index contributed by atoms with van der Waals surface area (Å²) in [7, 11) is 3.09. The van der Waals surface area contributed by atoms with Crippen molar-refractivity contribution in [3.8, 4) is 0 Å². The number of urea groups is 1. The van der Waals surface area contributed by atoms with Crippen LogP contribution in [-0.4, -0.2) is 53.7 Å². The van der Waals surface area contributed by atoms with Crippen molar-refractivity contribution < 1.29 is 9.59 Å². The SMILES string of the molecule is CN1C(=O)C2NC(Cl)NC2N(C)C1=O. The molecule has 0 spiro atoms. The molecule has 0 aliphatic carbocycles. The molecule has 2 saturated heterocycles. The molecule has 0 aromatic heterocycles. The third-order valence-electron chi connectivity index (χ3n) is 2.56. The van der Waals surface area contributed by atoms with E-state index in [0.717, 1.165) is 4.90 Å². The number of alkyl halides is 1. The second-order valence-electron chi connectivity index (χ2n) is 3.41. The molecule has 7 heteroatoms. The van der Waals surface area contributed by atoms with Crippen molar-refractivity contribution in [2.45, 2.75) is 17.8 Å². The Kier molecular flexibility index (Phi) is 2.13. The fourth-order valence-electron chi connectivity index (χ4n) is 1.74. The van der Waals surface area contributed by atoms with Crippen LogP contribution >= 0.6 is 11.6 Å². The van der Waals surface area contributed by atoms with Crippen LogP contribution in [0.2, 0.25) is 0 Å². The van der Waals surface area contributed by atoms with E-state index in [1.165, 1.54) is 11.9 Å². The first-order valence-corrected chi connectivity index (χ1v) is 4.66. The van der Waals surface area contributed by atoms with E-state index in [0.29, 0.717) is 0 Å². The van der Waals surface area contributed by atoms with Gasteiger partial charge in [0, 0.05) is 14.1 Å². The second-order valence-corrected chi connectivity index (χ2v) is 3.85. The Balaban J connectivity index is 2.28. The van der Waals surface area contributed by atoms with Crippen molar-refractivity contribution in [1.29, 1.82) is 0 Å². The number of imide groups is 1. The maximum atomic E-state index is 11.6. The normalized spacial score (nSPS) is 37.8. The molecular weight excluding hydrogens is 208 g/mol. The Labute approximate surface area is 86.2 Å². The minimum absolute atomic E-state index is 0.256. The quantitative estimate of drug-likeness (QED) is 0.401. The van der Waals surface area contributed by atoms with Crippen LogP contribution in [0.25, 0.3) is 0 Å². The lowest BCUT2D eigenvalue weighted by Crippen LogP contribution is -2.64. The lowest BCUT2D eigenvalue weighted by Gasteiger charge is -2.37. The number of nitrogens with zero attached hydrogens (tertiary/aromatic N) is 2. The van der Waals surface area contributed by atoms with Crippen molar-refractivity contribution in [2.24, 2.45) is 0 Å². The summed E-state index contributed by atoms with van der Waals surface area (Å²) in [5.41, 5.74) is -0.476. The molecule has 2 aliphatic rings. The number of fused-ring (bicyclic) bond motifs is 1. The maximum Gasteiger partial charge on any atom is 0.327 e. The molecule has 0 saturated carbocycles. The number of rotatable bonds is 0. The van der Waals surface area contributed by atoms with Gasteiger partial charge in [0.15, 0.2) is 0 Å². The lowest BCUT2D eigenvalue weighted by atomic mass is 10.1. The third-order valence-corrected chi connectivity index (χ3v) is 2.81. The van der Waals surface area contributed by atoms with Crippen molar-refractivity contribution in [1.82, 2.24) is 20.4 Å². The van der Waals surface area contributed by atoms with E-state index in [4.69, 9.17) is 11.6 Å². The van der Waals surface area contributed by atoms with E-state index in [9.17, 15) is 9.59 Å². The summed E-state index contributed by atoms with van der Waals surface area (Å²) in [4.78, 5) is 25.7. The monoisotopic (exact) mass is 218 g/mol. The van der Waals surface area contributed by atoms with Gasteiger partial charge in [-0.2, -0.15) is 0 Å². The molecule has 2 heterocycles. The summed E-state index contributed by atoms with van der Waals surface area (Å²) < 4.78 is 0. The molecule has 0 aromatic rings.